The molecule has 0 radical (unpaired) electrons. The number of carbonyl (C=O) groups excluding carboxylic acids is 1. The molecule has 5 nitrogen and oxygen atoms in total. The van der Waals surface area contributed by atoms with Gasteiger partial charge >= 0.3 is 0 Å². The molecule has 0 aliphatic rings. The second-order valence-electron chi connectivity index (χ2n) is 7.76. The lowest BCUT2D eigenvalue weighted by atomic mass is 10.0. The van der Waals surface area contributed by atoms with Gasteiger partial charge in [-0.15, -0.1) is 0 Å². The van der Waals surface area contributed by atoms with Crippen LogP contribution in [0.5, 0.6) is 0 Å². The molecule has 0 heterocycles. The molecule has 168 valence electrons. The highest BCUT2D eigenvalue weighted by atomic mass is 35.5. The van der Waals surface area contributed by atoms with E-state index in [1.54, 1.807) is 48.5 Å². The van der Waals surface area contributed by atoms with E-state index in [-0.39, 0.29) is 12.5 Å². The molecule has 0 aliphatic heterocycles. The highest BCUT2D eigenvalue weighted by Gasteiger charge is 2.18. The molecule has 0 aromatic heterocycles. The summed E-state index contributed by atoms with van der Waals surface area (Å²) in [5.74, 6) is -0.224. The Hall–Kier alpha value is -3.35. The number of rotatable bonds is 7. The molecule has 1 N–H and O–H groups in total. The number of amides is 1. The summed E-state index contributed by atoms with van der Waals surface area (Å²) in [6.07, 6.45) is 1.16. The van der Waals surface area contributed by atoms with E-state index in [0.717, 1.165) is 28.2 Å². The van der Waals surface area contributed by atoms with Gasteiger partial charge in [0.05, 0.1) is 18.5 Å². The van der Waals surface area contributed by atoms with Gasteiger partial charge in [0.2, 0.25) is 10.0 Å². The van der Waals surface area contributed by atoms with Crippen molar-refractivity contribution in [1.29, 1.82) is 0 Å². The number of benzene rings is 4. The van der Waals surface area contributed by atoms with Crippen LogP contribution in [0.2, 0.25) is 5.02 Å². The van der Waals surface area contributed by atoms with Crippen molar-refractivity contribution in [2.75, 3.05) is 10.6 Å². The van der Waals surface area contributed by atoms with Crippen LogP contribution in [0, 0.1) is 0 Å². The number of halogens is 1. The number of hydrogen-bond donors (Lipinski definition) is 1. The third kappa shape index (κ3) is 5.53. The van der Waals surface area contributed by atoms with Crippen molar-refractivity contribution in [2.24, 2.45) is 0 Å². The van der Waals surface area contributed by atoms with Crippen molar-refractivity contribution in [3.63, 3.8) is 0 Å². The topological polar surface area (TPSA) is 66.5 Å². The first-order valence-corrected chi connectivity index (χ1v) is 12.6. The van der Waals surface area contributed by atoms with Gasteiger partial charge in [-0.2, -0.15) is 0 Å². The van der Waals surface area contributed by atoms with Gasteiger partial charge < -0.3 is 5.32 Å². The van der Waals surface area contributed by atoms with Crippen LogP contribution >= 0.6 is 11.6 Å². The molecule has 0 atom stereocenters. The summed E-state index contributed by atoms with van der Waals surface area (Å²) >= 11 is 5.93. The maximum atomic E-state index is 12.7. The highest BCUT2D eigenvalue weighted by Crippen LogP contribution is 2.23. The lowest BCUT2D eigenvalue weighted by molar-refractivity contribution is 0.0951. The van der Waals surface area contributed by atoms with Gasteiger partial charge in [0, 0.05) is 17.1 Å². The molecule has 0 unspecified atom stereocenters. The molecule has 0 fully saturated rings. The Morgan fingerprint density at radius 3 is 2.24 bits per heavy atom. The Balaban J connectivity index is 1.48. The minimum atomic E-state index is -3.53. The zero-order chi connectivity index (χ0) is 23.4. The fraction of sp³-hybridized carbons (Fsp3) is 0.115. The van der Waals surface area contributed by atoms with E-state index >= 15 is 0 Å². The normalized spacial score (nSPS) is 11.3. The third-order valence-corrected chi connectivity index (χ3v) is 6.77. The molecule has 4 aromatic carbocycles. The van der Waals surface area contributed by atoms with Crippen LogP contribution in [0.25, 0.3) is 10.8 Å². The zero-order valence-electron chi connectivity index (χ0n) is 18.0. The molecule has 0 saturated carbocycles. The van der Waals surface area contributed by atoms with Crippen LogP contribution < -0.4 is 9.62 Å². The average Bonchev–Trinajstić information content (AvgIpc) is 2.81. The fourth-order valence-electron chi connectivity index (χ4n) is 3.66. The highest BCUT2D eigenvalue weighted by molar-refractivity contribution is 7.92. The van der Waals surface area contributed by atoms with Crippen LogP contribution in [-0.2, 0) is 23.1 Å². The zero-order valence-corrected chi connectivity index (χ0v) is 19.6. The molecule has 4 rings (SSSR count). The number of nitrogens with one attached hydrogen (secondary N) is 1. The van der Waals surface area contributed by atoms with Crippen LogP contribution in [0.1, 0.15) is 21.5 Å². The van der Waals surface area contributed by atoms with Gasteiger partial charge in [-0.3, -0.25) is 9.10 Å². The summed E-state index contributed by atoms with van der Waals surface area (Å²) in [6, 6.07) is 27.6. The van der Waals surface area contributed by atoms with Gasteiger partial charge in [0.15, 0.2) is 0 Å². The number of sulfonamides is 1. The number of carbonyl (C=O) groups is 1. The SMILES string of the molecule is CS(=O)(=O)N(Cc1ccc(Cl)cc1)c1ccc(C(=O)NCc2cccc3ccccc23)cc1. The maximum Gasteiger partial charge on any atom is 0.251 e. The molecular weight excluding hydrogens is 456 g/mol. The van der Waals surface area contributed by atoms with Crippen LogP contribution in [-0.4, -0.2) is 20.6 Å². The average molecular weight is 479 g/mol. The number of hydrogen-bond acceptors (Lipinski definition) is 3. The lowest BCUT2D eigenvalue weighted by Crippen LogP contribution is -2.29. The first-order chi connectivity index (χ1) is 15.8. The molecular formula is C26H23ClN2O3S. The molecule has 7 heteroatoms. The van der Waals surface area contributed by atoms with Crippen molar-refractivity contribution in [1.82, 2.24) is 5.32 Å². The van der Waals surface area contributed by atoms with E-state index in [0.29, 0.717) is 22.8 Å². The number of nitrogens with zero attached hydrogens (tertiary/aromatic N) is 1. The molecule has 0 bridgehead atoms. The van der Waals surface area contributed by atoms with Crippen molar-refractivity contribution in [3.8, 4) is 0 Å². The first-order valence-electron chi connectivity index (χ1n) is 10.4. The van der Waals surface area contributed by atoms with E-state index in [1.807, 2.05) is 42.5 Å². The van der Waals surface area contributed by atoms with Crippen LogP contribution in [0.4, 0.5) is 5.69 Å². The van der Waals surface area contributed by atoms with Gasteiger partial charge in [-0.05, 0) is 58.3 Å². The van der Waals surface area contributed by atoms with E-state index in [4.69, 9.17) is 11.6 Å². The van der Waals surface area contributed by atoms with Gasteiger partial charge in [-0.1, -0.05) is 66.2 Å². The summed E-state index contributed by atoms with van der Waals surface area (Å²) < 4.78 is 26.1. The monoisotopic (exact) mass is 478 g/mol. The van der Waals surface area contributed by atoms with Gasteiger partial charge in [0.25, 0.3) is 5.91 Å². The van der Waals surface area contributed by atoms with E-state index < -0.39 is 10.0 Å². The predicted octanol–water partition coefficient (Wildman–Crippen LogP) is 5.39. The summed E-state index contributed by atoms with van der Waals surface area (Å²) in [5, 5.41) is 5.75. The molecule has 0 aliphatic carbocycles. The first kappa shape index (κ1) is 22.8. The summed E-state index contributed by atoms with van der Waals surface area (Å²) in [5.41, 5.74) is 2.78. The minimum Gasteiger partial charge on any atom is -0.348 e. The lowest BCUT2D eigenvalue weighted by Gasteiger charge is -2.23. The predicted molar refractivity (Wildman–Crippen MR) is 134 cm³/mol. The summed E-state index contributed by atoms with van der Waals surface area (Å²) in [7, 11) is -3.53. The quantitative estimate of drug-likeness (QED) is 0.387. The van der Waals surface area contributed by atoms with E-state index in [1.165, 1.54) is 4.31 Å². The third-order valence-electron chi connectivity index (χ3n) is 5.38. The van der Waals surface area contributed by atoms with E-state index in [2.05, 4.69) is 5.32 Å². The number of anilines is 1. The van der Waals surface area contributed by atoms with Gasteiger partial charge in [0.1, 0.15) is 0 Å². The van der Waals surface area contributed by atoms with Crippen molar-refractivity contribution < 1.29 is 13.2 Å². The molecule has 0 saturated heterocycles. The smallest absolute Gasteiger partial charge is 0.251 e. The van der Waals surface area contributed by atoms with Crippen molar-refractivity contribution in [3.05, 3.63) is 113 Å². The Morgan fingerprint density at radius 1 is 0.879 bits per heavy atom. The Labute approximate surface area is 198 Å². The summed E-state index contributed by atoms with van der Waals surface area (Å²) in [4.78, 5) is 12.7. The second kappa shape index (κ2) is 9.65. The maximum absolute atomic E-state index is 12.7. The van der Waals surface area contributed by atoms with Crippen LogP contribution in [0.3, 0.4) is 0 Å². The minimum absolute atomic E-state index is 0.169. The standard InChI is InChI=1S/C26H23ClN2O3S/c1-33(31,32)29(18-19-9-13-23(27)14-10-19)24-15-11-21(12-16-24)26(30)28-17-22-7-4-6-20-5-2-3-8-25(20)22/h2-16H,17-18H2,1H3,(H,28,30). The van der Waals surface area contributed by atoms with Crippen LogP contribution in [0.15, 0.2) is 91.0 Å². The second-order valence-corrected chi connectivity index (χ2v) is 10.1. The van der Waals surface area contributed by atoms with Gasteiger partial charge in [-0.25, -0.2) is 8.42 Å². The Morgan fingerprint density at radius 2 is 1.55 bits per heavy atom. The van der Waals surface area contributed by atoms with Crippen molar-refractivity contribution in [2.45, 2.75) is 13.1 Å². The number of fused-ring (bicyclic) bond motifs is 1. The largest absolute Gasteiger partial charge is 0.348 e. The molecule has 1 amide bonds. The van der Waals surface area contributed by atoms with Crippen molar-refractivity contribution >= 4 is 44.0 Å². The molecule has 33 heavy (non-hydrogen) atoms. The molecule has 4 aromatic rings. The molecule has 0 spiro atoms. The fourth-order valence-corrected chi connectivity index (χ4v) is 4.67. The summed E-state index contributed by atoms with van der Waals surface area (Å²) in [6.45, 7) is 0.566. The van der Waals surface area contributed by atoms with E-state index in [9.17, 15) is 13.2 Å². The Bertz CT molecular complexity index is 1380. The Kier molecular flexibility index (Phi) is 6.67.